The van der Waals surface area contributed by atoms with Crippen molar-refractivity contribution in [2.24, 2.45) is 5.92 Å². The van der Waals surface area contributed by atoms with Crippen LogP contribution in [-0.2, 0) is 5.60 Å². The van der Waals surface area contributed by atoms with Crippen LogP contribution in [0.25, 0.3) is 0 Å². The van der Waals surface area contributed by atoms with Crippen molar-refractivity contribution in [3.63, 3.8) is 0 Å². The van der Waals surface area contributed by atoms with Crippen LogP contribution in [-0.4, -0.2) is 4.33 Å². The number of aryl methyl sites for hydroxylation is 1. The van der Waals surface area contributed by atoms with Crippen LogP contribution in [0.2, 0.25) is 0 Å². The second-order valence-electron chi connectivity index (χ2n) is 6.79. The summed E-state index contributed by atoms with van der Waals surface area (Å²) in [5, 5.41) is 2.05. The molecule has 3 aromatic rings. The fraction of sp³-hybridized carbons (Fsp3) is 0.238. The molecule has 1 aliphatic carbocycles. The summed E-state index contributed by atoms with van der Waals surface area (Å²) >= 11 is 15.4. The van der Waals surface area contributed by atoms with Crippen molar-refractivity contribution in [1.82, 2.24) is 0 Å². The van der Waals surface area contributed by atoms with Crippen molar-refractivity contribution >= 4 is 34.5 Å². The van der Waals surface area contributed by atoms with Gasteiger partial charge in [-0.2, -0.15) is 0 Å². The molecule has 3 unspecified atom stereocenters. The molecule has 0 bridgehead atoms. The van der Waals surface area contributed by atoms with Crippen molar-refractivity contribution in [3.8, 4) is 5.75 Å². The quantitative estimate of drug-likeness (QED) is 0.470. The second kappa shape index (κ2) is 5.26. The van der Waals surface area contributed by atoms with Crippen LogP contribution in [0.15, 0.2) is 66.0 Å². The van der Waals surface area contributed by atoms with E-state index in [1.807, 2.05) is 18.2 Å². The van der Waals surface area contributed by atoms with Crippen molar-refractivity contribution < 1.29 is 4.74 Å². The molecule has 0 radical (unpaired) electrons. The number of alkyl halides is 2. The van der Waals surface area contributed by atoms with Gasteiger partial charge in [0.15, 0.2) is 9.93 Å². The highest BCUT2D eigenvalue weighted by molar-refractivity contribution is 7.10. The van der Waals surface area contributed by atoms with Gasteiger partial charge < -0.3 is 4.74 Å². The second-order valence-corrected chi connectivity index (χ2v) is 9.12. The molecule has 1 aliphatic heterocycles. The number of hydrogen-bond acceptors (Lipinski definition) is 2. The van der Waals surface area contributed by atoms with Crippen LogP contribution in [0.3, 0.4) is 0 Å². The smallest absolute Gasteiger partial charge is 0.183 e. The first-order valence-corrected chi connectivity index (χ1v) is 9.96. The first-order chi connectivity index (χ1) is 12.1. The molecular weight excluding hydrogens is 371 g/mol. The average molecular weight is 387 g/mol. The summed E-state index contributed by atoms with van der Waals surface area (Å²) in [4.78, 5) is 1.09. The van der Waals surface area contributed by atoms with Gasteiger partial charge >= 0.3 is 0 Å². The van der Waals surface area contributed by atoms with E-state index in [2.05, 4.69) is 54.8 Å². The van der Waals surface area contributed by atoms with Gasteiger partial charge in [0.05, 0.1) is 10.8 Å². The molecule has 0 saturated heterocycles. The van der Waals surface area contributed by atoms with E-state index in [4.69, 9.17) is 27.9 Å². The molecule has 2 heterocycles. The minimum atomic E-state index is -0.955. The molecule has 1 fully saturated rings. The number of thiophene rings is 1. The van der Waals surface area contributed by atoms with Crippen LogP contribution >= 0.6 is 34.5 Å². The Balaban J connectivity index is 1.77. The fourth-order valence-corrected chi connectivity index (χ4v) is 6.35. The zero-order valence-electron chi connectivity index (χ0n) is 13.6. The Morgan fingerprint density at radius 1 is 0.920 bits per heavy atom. The lowest BCUT2D eigenvalue weighted by Crippen LogP contribution is -2.28. The molecule has 25 heavy (non-hydrogen) atoms. The number of halogens is 2. The van der Waals surface area contributed by atoms with Crippen molar-refractivity contribution in [3.05, 3.63) is 87.6 Å². The molecule has 126 valence electrons. The highest BCUT2D eigenvalue weighted by Gasteiger charge is 2.84. The molecule has 0 amide bonds. The maximum atomic E-state index is 6.90. The van der Waals surface area contributed by atoms with Crippen LogP contribution in [0.1, 0.15) is 27.5 Å². The van der Waals surface area contributed by atoms with E-state index in [0.717, 1.165) is 16.2 Å². The van der Waals surface area contributed by atoms with Crippen LogP contribution in [0.5, 0.6) is 5.75 Å². The normalized spacial score (nSPS) is 28.6. The zero-order chi connectivity index (χ0) is 17.2. The largest absolute Gasteiger partial charge is 0.478 e. The first-order valence-electron chi connectivity index (χ1n) is 8.32. The first kappa shape index (κ1) is 15.7. The van der Waals surface area contributed by atoms with Gasteiger partial charge in [0, 0.05) is 11.5 Å². The van der Waals surface area contributed by atoms with Gasteiger partial charge in [-0.15, -0.1) is 11.3 Å². The van der Waals surface area contributed by atoms with Gasteiger partial charge in [0.25, 0.3) is 0 Å². The number of hydrogen-bond donors (Lipinski definition) is 0. The Bertz CT molecular complexity index is 950. The number of rotatable bonds is 2. The molecule has 0 N–H and O–H groups in total. The summed E-state index contributed by atoms with van der Waals surface area (Å²) in [6.07, 6.45) is 0. The molecule has 2 aromatic carbocycles. The van der Waals surface area contributed by atoms with Crippen LogP contribution in [0.4, 0.5) is 0 Å². The maximum Gasteiger partial charge on any atom is 0.183 e. The van der Waals surface area contributed by atoms with Crippen molar-refractivity contribution in [1.29, 1.82) is 0 Å². The van der Waals surface area contributed by atoms with E-state index in [0.29, 0.717) is 0 Å². The molecular formula is C21H16Cl2OS. The summed E-state index contributed by atoms with van der Waals surface area (Å²) in [7, 11) is 0. The third kappa shape index (κ3) is 1.96. The van der Waals surface area contributed by atoms with E-state index in [1.165, 1.54) is 11.1 Å². The van der Waals surface area contributed by atoms with E-state index < -0.39 is 9.93 Å². The average Bonchev–Trinajstić information content (AvgIpc) is 2.98. The van der Waals surface area contributed by atoms with Crippen LogP contribution in [0, 0.1) is 12.8 Å². The molecule has 1 saturated carbocycles. The Morgan fingerprint density at radius 3 is 2.36 bits per heavy atom. The summed E-state index contributed by atoms with van der Waals surface area (Å²) in [6.45, 7) is 2.15. The monoisotopic (exact) mass is 386 g/mol. The number of para-hydroxylation sites is 1. The molecule has 5 rings (SSSR count). The Hall–Kier alpha value is -1.48. The lowest BCUT2D eigenvalue weighted by molar-refractivity contribution is 0.141. The Labute approximate surface area is 161 Å². The summed E-state index contributed by atoms with van der Waals surface area (Å²) in [6, 6.07) is 20.8. The predicted molar refractivity (Wildman–Crippen MR) is 104 cm³/mol. The van der Waals surface area contributed by atoms with Crippen LogP contribution < -0.4 is 4.74 Å². The molecule has 1 aromatic heterocycles. The standard InChI is InChI=1S/C21H16Cl2OS/c1-13-7-2-3-8-14(13)18-15-9-4-5-10-16(15)24-20(17-11-6-12-25-17)19(18)21(20,22)23/h2-12,18-19H,1H3. The third-order valence-electron chi connectivity index (χ3n) is 5.51. The maximum absolute atomic E-state index is 6.90. The van der Waals surface area contributed by atoms with Crippen molar-refractivity contribution in [2.45, 2.75) is 22.8 Å². The van der Waals surface area contributed by atoms with Gasteiger partial charge in [-0.25, -0.2) is 0 Å². The topological polar surface area (TPSA) is 9.23 Å². The minimum absolute atomic E-state index is 0.0158. The van der Waals surface area contributed by atoms with E-state index >= 15 is 0 Å². The fourth-order valence-electron chi connectivity index (χ4n) is 4.31. The molecule has 3 atom stereocenters. The zero-order valence-corrected chi connectivity index (χ0v) is 15.9. The number of fused-ring (bicyclic) bond motifs is 2. The molecule has 1 nitrogen and oxygen atoms in total. The summed E-state index contributed by atoms with van der Waals surface area (Å²) < 4.78 is 5.54. The summed E-state index contributed by atoms with van der Waals surface area (Å²) in [5.74, 6) is 0.977. The number of ether oxygens (including phenoxy) is 1. The molecule has 2 aliphatic rings. The van der Waals surface area contributed by atoms with Gasteiger partial charge in [-0.05, 0) is 35.6 Å². The van der Waals surface area contributed by atoms with Gasteiger partial charge in [0.1, 0.15) is 5.75 Å². The highest BCUT2D eigenvalue weighted by Crippen LogP contribution is 2.77. The van der Waals surface area contributed by atoms with E-state index in [-0.39, 0.29) is 11.8 Å². The van der Waals surface area contributed by atoms with E-state index in [1.54, 1.807) is 11.3 Å². The number of benzene rings is 2. The lowest BCUT2D eigenvalue weighted by Gasteiger charge is -2.31. The van der Waals surface area contributed by atoms with E-state index in [9.17, 15) is 0 Å². The minimum Gasteiger partial charge on any atom is -0.478 e. The predicted octanol–water partition coefficient (Wildman–Crippen LogP) is 6.28. The Kier molecular flexibility index (Phi) is 3.31. The van der Waals surface area contributed by atoms with Crippen molar-refractivity contribution in [2.75, 3.05) is 0 Å². The summed E-state index contributed by atoms with van der Waals surface area (Å²) in [5.41, 5.74) is 3.01. The Morgan fingerprint density at radius 2 is 1.64 bits per heavy atom. The SMILES string of the molecule is Cc1ccccc1C1c2ccccc2OC2(c3cccs3)C1C2(Cl)Cl. The highest BCUT2D eigenvalue weighted by atomic mass is 35.5. The van der Waals surface area contributed by atoms with Gasteiger partial charge in [-0.1, -0.05) is 71.7 Å². The molecule has 4 heteroatoms. The third-order valence-corrected chi connectivity index (χ3v) is 7.53. The van der Waals surface area contributed by atoms with Gasteiger partial charge in [-0.3, -0.25) is 0 Å². The van der Waals surface area contributed by atoms with Gasteiger partial charge in [0.2, 0.25) is 0 Å². The lowest BCUT2D eigenvalue weighted by atomic mass is 9.81. The molecule has 0 spiro atoms.